The van der Waals surface area contributed by atoms with E-state index in [4.69, 9.17) is 0 Å². The molecule has 2 aromatic rings. The summed E-state index contributed by atoms with van der Waals surface area (Å²) in [4.78, 5) is 24.4. The van der Waals surface area contributed by atoms with Crippen molar-refractivity contribution in [3.63, 3.8) is 0 Å². The molecule has 2 rings (SSSR count). The summed E-state index contributed by atoms with van der Waals surface area (Å²) < 4.78 is 4.56. The molecule has 0 radical (unpaired) electrons. The summed E-state index contributed by atoms with van der Waals surface area (Å²) >= 11 is 1.61. The highest BCUT2D eigenvalue weighted by Crippen LogP contribution is 2.13. The Hall–Kier alpha value is -2.02. The smallest absolute Gasteiger partial charge is 0.376 e. The van der Waals surface area contributed by atoms with Crippen LogP contribution in [0.3, 0.4) is 0 Å². The molecule has 0 atom stereocenters. The van der Waals surface area contributed by atoms with E-state index in [1.807, 2.05) is 13.1 Å². The second-order valence-corrected chi connectivity index (χ2v) is 4.78. The molecule has 0 aliphatic carbocycles. The average molecular weight is 264 g/mol. The highest BCUT2D eigenvalue weighted by atomic mass is 32.1. The number of ether oxygens (including phenoxy) is 1. The van der Waals surface area contributed by atoms with Gasteiger partial charge in [-0.25, -0.2) is 19.7 Å². The second kappa shape index (κ2) is 5.54. The molecular formula is C11H12N4O2S. The normalized spacial score (nSPS) is 10.1. The van der Waals surface area contributed by atoms with E-state index in [9.17, 15) is 4.79 Å². The van der Waals surface area contributed by atoms with Crippen molar-refractivity contribution in [1.82, 2.24) is 15.0 Å². The van der Waals surface area contributed by atoms with Crippen LogP contribution in [0.4, 0.5) is 5.82 Å². The summed E-state index contributed by atoms with van der Waals surface area (Å²) in [6.07, 6.45) is 3.33. The highest BCUT2D eigenvalue weighted by Gasteiger charge is 2.09. The van der Waals surface area contributed by atoms with Crippen molar-refractivity contribution in [2.75, 3.05) is 12.4 Å². The molecule has 0 saturated carbocycles. The maximum Gasteiger partial charge on any atom is 0.376 e. The van der Waals surface area contributed by atoms with Crippen LogP contribution in [0.25, 0.3) is 0 Å². The Balaban J connectivity index is 2.03. The Morgan fingerprint density at radius 1 is 1.50 bits per heavy atom. The molecule has 94 valence electrons. The van der Waals surface area contributed by atoms with Crippen molar-refractivity contribution in [3.05, 3.63) is 34.2 Å². The molecule has 0 aliphatic heterocycles. The quantitative estimate of drug-likeness (QED) is 0.846. The first-order valence-corrected chi connectivity index (χ1v) is 6.07. The van der Waals surface area contributed by atoms with Gasteiger partial charge in [0, 0.05) is 17.3 Å². The number of carbonyl (C=O) groups is 1. The summed E-state index contributed by atoms with van der Waals surface area (Å²) in [6.45, 7) is 2.57. The SMILES string of the molecule is COC(=O)c1nccc(NCc2cnc(C)s2)n1. The third kappa shape index (κ3) is 3.01. The number of aromatic nitrogens is 3. The van der Waals surface area contributed by atoms with Crippen LogP contribution in [0, 0.1) is 6.92 Å². The van der Waals surface area contributed by atoms with E-state index >= 15 is 0 Å². The molecular weight excluding hydrogens is 252 g/mol. The maximum atomic E-state index is 11.3. The predicted molar refractivity (Wildman–Crippen MR) is 67.5 cm³/mol. The number of hydrogen-bond acceptors (Lipinski definition) is 7. The monoisotopic (exact) mass is 264 g/mol. The molecule has 0 unspecified atom stereocenters. The Kier molecular flexibility index (Phi) is 3.83. The lowest BCUT2D eigenvalue weighted by Crippen LogP contribution is -2.09. The summed E-state index contributed by atoms with van der Waals surface area (Å²) in [5.41, 5.74) is 0. The first-order valence-electron chi connectivity index (χ1n) is 5.25. The number of hydrogen-bond donors (Lipinski definition) is 1. The number of anilines is 1. The Bertz CT molecular complexity index is 555. The molecule has 0 aliphatic rings. The van der Waals surface area contributed by atoms with E-state index in [1.54, 1.807) is 17.4 Å². The average Bonchev–Trinajstić information content (AvgIpc) is 2.81. The van der Waals surface area contributed by atoms with Crippen LogP contribution in [0.15, 0.2) is 18.5 Å². The standard InChI is InChI=1S/C11H12N4O2S/c1-7-13-5-8(18-7)6-14-9-3-4-12-10(15-9)11(16)17-2/h3-5H,6H2,1-2H3,(H,12,14,15). The van der Waals surface area contributed by atoms with E-state index in [-0.39, 0.29) is 5.82 Å². The minimum absolute atomic E-state index is 0.0444. The van der Waals surface area contributed by atoms with Gasteiger partial charge in [-0.05, 0) is 13.0 Å². The zero-order chi connectivity index (χ0) is 13.0. The van der Waals surface area contributed by atoms with Crippen molar-refractivity contribution >= 4 is 23.1 Å². The lowest BCUT2D eigenvalue weighted by Gasteiger charge is -2.04. The summed E-state index contributed by atoms with van der Waals surface area (Å²) in [7, 11) is 1.30. The summed E-state index contributed by atoms with van der Waals surface area (Å²) in [5.74, 6) is 0.0757. The fourth-order valence-electron chi connectivity index (χ4n) is 1.31. The Labute approximate surface area is 108 Å². The van der Waals surface area contributed by atoms with E-state index < -0.39 is 5.97 Å². The van der Waals surface area contributed by atoms with Gasteiger partial charge in [0.25, 0.3) is 0 Å². The van der Waals surface area contributed by atoms with Gasteiger partial charge in [-0.1, -0.05) is 0 Å². The van der Waals surface area contributed by atoms with Gasteiger partial charge in [-0.2, -0.15) is 0 Å². The molecule has 1 N–H and O–H groups in total. The van der Waals surface area contributed by atoms with E-state index in [2.05, 4.69) is 25.0 Å². The number of aryl methyl sites for hydroxylation is 1. The maximum absolute atomic E-state index is 11.3. The van der Waals surface area contributed by atoms with Crippen LogP contribution >= 0.6 is 11.3 Å². The first-order chi connectivity index (χ1) is 8.69. The number of rotatable bonds is 4. The van der Waals surface area contributed by atoms with Gasteiger partial charge in [0.2, 0.25) is 5.82 Å². The van der Waals surface area contributed by atoms with Gasteiger partial charge in [-0.3, -0.25) is 0 Å². The number of methoxy groups -OCH3 is 1. The lowest BCUT2D eigenvalue weighted by molar-refractivity contribution is 0.0587. The fourth-order valence-corrected chi connectivity index (χ4v) is 2.05. The number of thiazole rings is 1. The molecule has 18 heavy (non-hydrogen) atoms. The number of nitrogens with one attached hydrogen (secondary N) is 1. The zero-order valence-electron chi connectivity index (χ0n) is 10.0. The van der Waals surface area contributed by atoms with Crippen LogP contribution in [-0.4, -0.2) is 28.0 Å². The van der Waals surface area contributed by atoms with Crippen LogP contribution in [-0.2, 0) is 11.3 Å². The van der Waals surface area contributed by atoms with Crippen molar-refractivity contribution in [1.29, 1.82) is 0 Å². The van der Waals surface area contributed by atoms with E-state index in [0.29, 0.717) is 12.4 Å². The van der Waals surface area contributed by atoms with E-state index in [1.165, 1.54) is 13.3 Å². The minimum atomic E-state index is -0.549. The zero-order valence-corrected chi connectivity index (χ0v) is 10.8. The summed E-state index contributed by atoms with van der Waals surface area (Å²) in [6, 6.07) is 1.69. The third-order valence-corrected chi connectivity index (χ3v) is 3.05. The third-order valence-electron chi connectivity index (χ3n) is 2.14. The topological polar surface area (TPSA) is 77.0 Å². The van der Waals surface area contributed by atoms with Gasteiger partial charge in [0.1, 0.15) is 5.82 Å². The molecule has 0 aromatic carbocycles. The molecule has 0 bridgehead atoms. The Morgan fingerprint density at radius 2 is 2.33 bits per heavy atom. The van der Waals surface area contributed by atoms with Crippen LogP contribution < -0.4 is 5.32 Å². The van der Waals surface area contributed by atoms with Gasteiger partial charge in [0.05, 0.1) is 18.7 Å². The van der Waals surface area contributed by atoms with Gasteiger partial charge >= 0.3 is 5.97 Å². The largest absolute Gasteiger partial charge is 0.463 e. The molecule has 0 amide bonds. The fraction of sp³-hybridized carbons (Fsp3) is 0.273. The van der Waals surface area contributed by atoms with Crippen LogP contribution in [0.1, 0.15) is 20.5 Å². The highest BCUT2D eigenvalue weighted by molar-refractivity contribution is 7.11. The van der Waals surface area contributed by atoms with Gasteiger partial charge in [0.15, 0.2) is 0 Å². The second-order valence-electron chi connectivity index (χ2n) is 3.46. The first kappa shape index (κ1) is 12.4. The molecule has 6 nitrogen and oxygen atoms in total. The van der Waals surface area contributed by atoms with Gasteiger partial charge < -0.3 is 10.1 Å². The van der Waals surface area contributed by atoms with Crippen LogP contribution in [0.2, 0.25) is 0 Å². The molecule has 0 fully saturated rings. The van der Waals surface area contributed by atoms with Gasteiger partial charge in [-0.15, -0.1) is 11.3 Å². The Morgan fingerprint density at radius 3 is 3.00 bits per heavy atom. The van der Waals surface area contributed by atoms with E-state index in [0.717, 1.165) is 9.88 Å². The molecule has 7 heteroatoms. The number of esters is 1. The van der Waals surface area contributed by atoms with Crippen molar-refractivity contribution in [2.45, 2.75) is 13.5 Å². The molecule has 0 spiro atoms. The minimum Gasteiger partial charge on any atom is -0.463 e. The molecule has 2 heterocycles. The van der Waals surface area contributed by atoms with Crippen molar-refractivity contribution < 1.29 is 9.53 Å². The molecule has 2 aromatic heterocycles. The van der Waals surface area contributed by atoms with Crippen molar-refractivity contribution in [2.24, 2.45) is 0 Å². The van der Waals surface area contributed by atoms with Crippen molar-refractivity contribution in [3.8, 4) is 0 Å². The van der Waals surface area contributed by atoms with Crippen LogP contribution in [0.5, 0.6) is 0 Å². The number of nitrogens with zero attached hydrogens (tertiary/aromatic N) is 3. The summed E-state index contributed by atoms with van der Waals surface area (Å²) in [5, 5.41) is 4.12. The molecule has 0 saturated heterocycles. The lowest BCUT2D eigenvalue weighted by atomic mass is 10.5. The predicted octanol–water partition coefficient (Wildman–Crippen LogP) is 1.64. The number of carbonyl (C=O) groups excluding carboxylic acids is 1.